The molecule has 0 bridgehead atoms. The van der Waals surface area contributed by atoms with Crippen LogP contribution >= 0.6 is 11.3 Å². The molecular formula is C14H16N2O4S2. The number of ether oxygens (including phenoxy) is 1. The van der Waals surface area contributed by atoms with Crippen molar-refractivity contribution in [2.24, 2.45) is 0 Å². The Morgan fingerprint density at radius 1 is 1.23 bits per heavy atom. The summed E-state index contributed by atoms with van der Waals surface area (Å²) in [5.41, 5.74) is 0.835. The van der Waals surface area contributed by atoms with Crippen molar-refractivity contribution < 1.29 is 17.9 Å². The van der Waals surface area contributed by atoms with Crippen molar-refractivity contribution in [1.29, 1.82) is 0 Å². The van der Waals surface area contributed by atoms with Crippen LogP contribution in [0.1, 0.15) is 14.5 Å². The summed E-state index contributed by atoms with van der Waals surface area (Å²) in [5.74, 6) is 0.106. The summed E-state index contributed by atoms with van der Waals surface area (Å²) in [7, 11) is -1.97. The first-order chi connectivity index (χ1) is 10.3. The van der Waals surface area contributed by atoms with Gasteiger partial charge in [0.15, 0.2) is 0 Å². The van der Waals surface area contributed by atoms with Crippen molar-refractivity contribution in [3.05, 3.63) is 40.1 Å². The quantitative estimate of drug-likeness (QED) is 0.876. The van der Waals surface area contributed by atoms with Crippen LogP contribution in [-0.4, -0.2) is 27.7 Å². The summed E-state index contributed by atoms with van der Waals surface area (Å²) in [6.45, 7) is 1.93. The van der Waals surface area contributed by atoms with E-state index in [1.807, 2.05) is 13.0 Å². The number of hydrogen-bond donors (Lipinski definition) is 2. The molecule has 2 N–H and O–H groups in total. The molecule has 0 spiro atoms. The summed E-state index contributed by atoms with van der Waals surface area (Å²) < 4.78 is 30.1. The first-order valence-corrected chi connectivity index (χ1v) is 9.03. The molecule has 22 heavy (non-hydrogen) atoms. The minimum absolute atomic E-state index is 0.219. The Morgan fingerprint density at radius 2 is 1.95 bits per heavy atom. The predicted octanol–water partition coefficient (Wildman–Crippen LogP) is 2.69. The molecule has 118 valence electrons. The van der Waals surface area contributed by atoms with Gasteiger partial charge in [-0.25, -0.2) is 8.42 Å². The third-order valence-electron chi connectivity index (χ3n) is 2.72. The molecule has 0 saturated heterocycles. The maximum Gasteiger partial charge on any atom is 0.265 e. The second-order valence-corrected chi connectivity index (χ2v) is 7.69. The third-order valence-corrected chi connectivity index (χ3v) is 4.31. The van der Waals surface area contributed by atoms with Gasteiger partial charge in [-0.05, 0) is 31.2 Å². The zero-order chi connectivity index (χ0) is 16.3. The van der Waals surface area contributed by atoms with Crippen LogP contribution in [0.5, 0.6) is 5.75 Å². The fourth-order valence-corrected chi connectivity index (χ4v) is 3.13. The number of thiophene rings is 1. The largest absolute Gasteiger partial charge is 0.494 e. The number of benzene rings is 1. The van der Waals surface area contributed by atoms with Gasteiger partial charge in [0, 0.05) is 16.6 Å². The zero-order valence-electron chi connectivity index (χ0n) is 12.3. The Labute approximate surface area is 133 Å². The van der Waals surface area contributed by atoms with Gasteiger partial charge >= 0.3 is 0 Å². The first-order valence-electron chi connectivity index (χ1n) is 6.32. The van der Waals surface area contributed by atoms with Crippen LogP contribution in [0.4, 0.5) is 11.4 Å². The van der Waals surface area contributed by atoms with E-state index in [1.165, 1.54) is 24.5 Å². The minimum Gasteiger partial charge on any atom is -0.494 e. The van der Waals surface area contributed by atoms with Gasteiger partial charge in [-0.3, -0.25) is 9.52 Å². The van der Waals surface area contributed by atoms with Crippen LogP contribution in [-0.2, 0) is 10.0 Å². The van der Waals surface area contributed by atoms with Crippen molar-refractivity contribution in [2.45, 2.75) is 6.92 Å². The lowest BCUT2D eigenvalue weighted by molar-refractivity contribution is 0.103. The molecule has 1 aromatic carbocycles. The standard InChI is InChI=1S/C14H16N2O4S2/c1-9-4-7-13(21-9)14(17)15-10-5-6-11(12(8-10)20-2)16-22(3,18)19/h4-8,16H,1-3H3,(H,15,17). The summed E-state index contributed by atoms with van der Waals surface area (Å²) in [4.78, 5) is 13.7. The number of hydrogen-bond acceptors (Lipinski definition) is 5. The van der Waals surface area contributed by atoms with Gasteiger partial charge in [-0.2, -0.15) is 0 Å². The number of carbonyl (C=O) groups excluding carboxylic acids is 1. The molecule has 0 saturated carbocycles. The van der Waals surface area contributed by atoms with Crippen LogP contribution in [0.25, 0.3) is 0 Å². The topological polar surface area (TPSA) is 84.5 Å². The van der Waals surface area contributed by atoms with Crippen molar-refractivity contribution in [1.82, 2.24) is 0 Å². The molecule has 0 aliphatic carbocycles. The number of methoxy groups -OCH3 is 1. The molecule has 0 unspecified atom stereocenters. The average Bonchev–Trinajstić information content (AvgIpc) is 2.85. The lowest BCUT2D eigenvalue weighted by atomic mass is 10.2. The molecule has 2 aromatic rings. The molecule has 8 heteroatoms. The fraction of sp³-hybridized carbons (Fsp3) is 0.214. The fourth-order valence-electron chi connectivity index (χ4n) is 1.80. The highest BCUT2D eigenvalue weighted by Crippen LogP contribution is 2.29. The van der Waals surface area contributed by atoms with E-state index in [4.69, 9.17) is 4.74 Å². The molecular weight excluding hydrogens is 324 g/mol. The second kappa shape index (κ2) is 6.37. The van der Waals surface area contributed by atoms with Gasteiger partial charge in [0.1, 0.15) is 5.75 Å². The maximum absolute atomic E-state index is 12.1. The maximum atomic E-state index is 12.1. The number of aryl methyl sites for hydroxylation is 1. The number of amides is 1. The highest BCUT2D eigenvalue weighted by atomic mass is 32.2. The van der Waals surface area contributed by atoms with Crippen LogP contribution in [0.2, 0.25) is 0 Å². The summed E-state index contributed by atoms with van der Waals surface area (Å²) in [5, 5.41) is 2.75. The van der Waals surface area contributed by atoms with E-state index in [2.05, 4.69) is 10.0 Å². The van der Waals surface area contributed by atoms with Crippen LogP contribution in [0.3, 0.4) is 0 Å². The van der Waals surface area contributed by atoms with Crippen molar-refractivity contribution in [3.63, 3.8) is 0 Å². The van der Waals surface area contributed by atoms with Crippen molar-refractivity contribution >= 4 is 38.6 Å². The van der Waals surface area contributed by atoms with Gasteiger partial charge in [-0.1, -0.05) is 0 Å². The van der Waals surface area contributed by atoms with E-state index in [0.29, 0.717) is 22.0 Å². The first kappa shape index (κ1) is 16.3. The lowest BCUT2D eigenvalue weighted by Gasteiger charge is -2.12. The lowest BCUT2D eigenvalue weighted by Crippen LogP contribution is -2.12. The average molecular weight is 340 g/mol. The monoisotopic (exact) mass is 340 g/mol. The van der Waals surface area contributed by atoms with E-state index in [0.717, 1.165) is 11.1 Å². The molecule has 0 aliphatic rings. The van der Waals surface area contributed by atoms with Gasteiger partial charge < -0.3 is 10.1 Å². The molecule has 1 heterocycles. The minimum atomic E-state index is -3.40. The summed E-state index contributed by atoms with van der Waals surface area (Å²) >= 11 is 1.40. The third kappa shape index (κ3) is 4.22. The molecule has 0 atom stereocenters. The Bertz CT molecular complexity index is 797. The van der Waals surface area contributed by atoms with E-state index in [1.54, 1.807) is 18.2 Å². The molecule has 0 radical (unpaired) electrons. The SMILES string of the molecule is COc1cc(NC(=O)c2ccc(C)s2)ccc1NS(C)(=O)=O. The number of carbonyl (C=O) groups is 1. The Morgan fingerprint density at radius 3 is 2.50 bits per heavy atom. The van der Waals surface area contributed by atoms with Gasteiger partial charge in [0.2, 0.25) is 10.0 Å². The van der Waals surface area contributed by atoms with Gasteiger partial charge in [0.25, 0.3) is 5.91 Å². The van der Waals surface area contributed by atoms with Crippen molar-refractivity contribution in [2.75, 3.05) is 23.4 Å². The van der Waals surface area contributed by atoms with Crippen LogP contribution < -0.4 is 14.8 Å². The highest BCUT2D eigenvalue weighted by Gasteiger charge is 2.12. The predicted molar refractivity (Wildman–Crippen MR) is 88.5 cm³/mol. The Hall–Kier alpha value is -2.06. The molecule has 0 fully saturated rings. The van der Waals surface area contributed by atoms with E-state index >= 15 is 0 Å². The molecule has 2 rings (SSSR count). The number of nitrogens with one attached hydrogen (secondary N) is 2. The number of rotatable bonds is 5. The molecule has 0 aliphatic heterocycles. The Balaban J connectivity index is 2.21. The van der Waals surface area contributed by atoms with Gasteiger partial charge in [0.05, 0.1) is 23.9 Å². The molecule has 6 nitrogen and oxygen atoms in total. The smallest absolute Gasteiger partial charge is 0.265 e. The number of anilines is 2. The second-order valence-electron chi connectivity index (χ2n) is 4.65. The molecule has 1 amide bonds. The van der Waals surface area contributed by atoms with E-state index < -0.39 is 10.0 Å². The van der Waals surface area contributed by atoms with Crippen molar-refractivity contribution in [3.8, 4) is 5.75 Å². The normalized spacial score (nSPS) is 11.0. The summed E-state index contributed by atoms with van der Waals surface area (Å²) in [6.07, 6.45) is 1.06. The van der Waals surface area contributed by atoms with E-state index in [9.17, 15) is 13.2 Å². The zero-order valence-corrected chi connectivity index (χ0v) is 14.0. The van der Waals surface area contributed by atoms with Crippen LogP contribution in [0.15, 0.2) is 30.3 Å². The van der Waals surface area contributed by atoms with E-state index in [-0.39, 0.29) is 5.91 Å². The molecule has 1 aromatic heterocycles. The van der Waals surface area contributed by atoms with Gasteiger partial charge in [-0.15, -0.1) is 11.3 Å². The number of sulfonamides is 1. The Kier molecular flexibility index (Phi) is 4.72. The van der Waals surface area contributed by atoms with Crippen LogP contribution in [0, 0.1) is 6.92 Å². The summed E-state index contributed by atoms with van der Waals surface area (Å²) in [6, 6.07) is 8.33. The highest BCUT2D eigenvalue weighted by molar-refractivity contribution is 7.92.